The molecule has 0 saturated carbocycles. The van der Waals surface area contributed by atoms with Crippen molar-refractivity contribution in [3.8, 4) is 0 Å². The number of carbonyl (C=O) groups excluding carboxylic acids is 1. The van der Waals surface area contributed by atoms with E-state index in [0.29, 0.717) is 6.54 Å². The Balaban J connectivity index is 2.69. The average molecular weight is 357 g/mol. The minimum atomic E-state index is -0.914. The van der Waals surface area contributed by atoms with Crippen molar-refractivity contribution in [1.29, 1.82) is 0 Å². The number of nitrogens with zero attached hydrogens (tertiary/aromatic N) is 1. The molecular formula is C15H21BrN2O3. The number of hydrogen-bond acceptors (Lipinski definition) is 2. The molecule has 1 aromatic rings. The largest absolute Gasteiger partial charge is 0.481 e. The van der Waals surface area contributed by atoms with Gasteiger partial charge in [0.25, 0.3) is 0 Å². The molecule has 1 aromatic carbocycles. The van der Waals surface area contributed by atoms with Crippen molar-refractivity contribution in [3.63, 3.8) is 0 Å². The van der Waals surface area contributed by atoms with Crippen molar-refractivity contribution in [2.24, 2.45) is 0 Å². The first-order valence-electron chi connectivity index (χ1n) is 6.72. The van der Waals surface area contributed by atoms with Gasteiger partial charge in [0.15, 0.2) is 0 Å². The number of carboxylic acids is 1. The van der Waals surface area contributed by atoms with Crippen molar-refractivity contribution in [2.75, 3.05) is 6.54 Å². The Labute approximate surface area is 133 Å². The molecule has 0 bridgehead atoms. The van der Waals surface area contributed by atoms with Gasteiger partial charge in [-0.2, -0.15) is 0 Å². The number of carbonyl (C=O) groups is 2. The SMILES string of the molecule is CC(C)(C)N(CCC(=O)O)C(=O)NCc1ccccc1Br. The summed E-state index contributed by atoms with van der Waals surface area (Å²) in [4.78, 5) is 24.5. The van der Waals surface area contributed by atoms with Gasteiger partial charge in [-0.15, -0.1) is 0 Å². The van der Waals surface area contributed by atoms with Crippen molar-refractivity contribution in [2.45, 2.75) is 39.3 Å². The van der Waals surface area contributed by atoms with Gasteiger partial charge >= 0.3 is 12.0 Å². The number of amides is 2. The van der Waals surface area contributed by atoms with Crippen LogP contribution in [0.4, 0.5) is 4.79 Å². The van der Waals surface area contributed by atoms with Gasteiger partial charge in [-0.1, -0.05) is 34.1 Å². The second kappa shape index (κ2) is 7.45. The van der Waals surface area contributed by atoms with Crippen LogP contribution >= 0.6 is 15.9 Å². The molecule has 0 fully saturated rings. The van der Waals surface area contributed by atoms with E-state index in [4.69, 9.17) is 5.11 Å². The molecule has 0 saturated heterocycles. The highest BCUT2D eigenvalue weighted by Crippen LogP contribution is 2.17. The number of urea groups is 1. The van der Waals surface area contributed by atoms with E-state index in [1.165, 1.54) is 4.90 Å². The summed E-state index contributed by atoms with van der Waals surface area (Å²) < 4.78 is 0.929. The predicted molar refractivity (Wildman–Crippen MR) is 85.1 cm³/mol. The average Bonchev–Trinajstić information content (AvgIpc) is 2.36. The van der Waals surface area contributed by atoms with Crippen molar-refractivity contribution in [3.05, 3.63) is 34.3 Å². The minimum absolute atomic E-state index is 0.0697. The lowest BCUT2D eigenvalue weighted by Gasteiger charge is -2.35. The summed E-state index contributed by atoms with van der Waals surface area (Å²) in [6.07, 6.45) is -0.0697. The van der Waals surface area contributed by atoms with Gasteiger partial charge in [-0.05, 0) is 32.4 Å². The highest BCUT2D eigenvalue weighted by atomic mass is 79.9. The number of rotatable bonds is 5. The quantitative estimate of drug-likeness (QED) is 0.850. The molecule has 0 spiro atoms. The van der Waals surface area contributed by atoms with Crippen LogP contribution in [0.2, 0.25) is 0 Å². The maximum atomic E-state index is 12.3. The van der Waals surface area contributed by atoms with Crippen molar-refractivity contribution >= 4 is 27.9 Å². The van der Waals surface area contributed by atoms with Crippen LogP contribution < -0.4 is 5.32 Å². The van der Waals surface area contributed by atoms with E-state index in [-0.39, 0.29) is 19.0 Å². The molecule has 6 heteroatoms. The Morgan fingerprint density at radius 1 is 1.29 bits per heavy atom. The molecular weight excluding hydrogens is 336 g/mol. The Hall–Kier alpha value is -1.56. The predicted octanol–water partition coefficient (Wildman–Crippen LogP) is 3.23. The Morgan fingerprint density at radius 3 is 2.43 bits per heavy atom. The monoisotopic (exact) mass is 356 g/mol. The van der Waals surface area contributed by atoms with Gasteiger partial charge in [0.05, 0.1) is 6.42 Å². The van der Waals surface area contributed by atoms with E-state index >= 15 is 0 Å². The Kier molecular flexibility index (Phi) is 6.20. The van der Waals surface area contributed by atoms with Gasteiger partial charge in [0.2, 0.25) is 0 Å². The number of halogens is 1. The lowest BCUT2D eigenvalue weighted by atomic mass is 10.1. The summed E-state index contributed by atoms with van der Waals surface area (Å²) in [5.41, 5.74) is 0.533. The van der Waals surface area contributed by atoms with Gasteiger partial charge in [0.1, 0.15) is 0 Å². The summed E-state index contributed by atoms with van der Waals surface area (Å²) in [5.74, 6) is -0.914. The van der Waals surface area contributed by atoms with Crippen molar-refractivity contribution < 1.29 is 14.7 Å². The van der Waals surface area contributed by atoms with Gasteiger partial charge in [-0.25, -0.2) is 4.79 Å². The maximum Gasteiger partial charge on any atom is 0.318 e. The molecule has 0 heterocycles. The van der Waals surface area contributed by atoms with E-state index < -0.39 is 11.5 Å². The van der Waals surface area contributed by atoms with Crippen LogP contribution in [0.5, 0.6) is 0 Å². The Bertz CT molecular complexity index is 512. The molecule has 2 amide bonds. The topological polar surface area (TPSA) is 69.6 Å². The summed E-state index contributed by atoms with van der Waals surface area (Å²) in [5, 5.41) is 11.6. The first kappa shape index (κ1) is 17.5. The highest BCUT2D eigenvalue weighted by Gasteiger charge is 2.26. The summed E-state index contributed by atoms with van der Waals surface area (Å²) in [7, 11) is 0. The third-order valence-electron chi connectivity index (χ3n) is 2.99. The molecule has 2 N–H and O–H groups in total. The number of nitrogens with one attached hydrogen (secondary N) is 1. The highest BCUT2D eigenvalue weighted by molar-refractivity contribution is 9.10. The molecule has 0 aromatic heterocycles. The molecule has 1 rings (SSSR count). The molecule has 0 aliphatic rings. The molecule has 116 valence electrons. The van der Waals surface area contributed by atoms with Gasteiger partial charge in [-0.3, -0.25) is 4.79 Å². The van der Waals surface area contributed by atoms with Crippen LogP contribution in [-0.2, 0) is 11.3 Å². The van der Waals surface area contributed by atoms with Gasteiger partial charge in [0, 0.05) is 23.1 Å². The number of hydrogen-bond donors (Lipinski definition) is 2. The lowest BCUT2D eigenvalue weighted by molar-refractivity contribution is -0.137. The zero-order chi connectivity index (χ0) is 16.0. The van der Waals surface area contributed by atoms with Crippen LogP contribution in [0.15, 0.2) is 28.7 Å². The summed E-state index contributed by atoms with van der Waals surface area (Å²) >= 11 is 3.43. The lowest BCUT2D eigenvalue weighted by Crippen LogP contribution is -2.50. The second-order valence-electron chi connectivity index (χ2n) is 5.72. The fourth-order valence-corrected chi connectivity index (χ4v) is 2.28. The second-order valence-corrected chi connectivity index (χ2v) is 6.57. The fourth-order valence-electron chi connectivity index (χ4n) is 1.86. The van der Waals surface area contributed by atoms with E-state index in [2.05, 4.69) is 21.2 Å². The molecule has 0 unspecified atom stereocenters. The third kappa shape index (κ3) is 5.75. The molecule has 0 atom stereocenters. The standard InChI is InChI=1S/C15H21BrN2O3/c1-15(2,3)18(9-8-13(19)20)14(21)17-10-11-6-4-5-7-12(11)16/h4-7H,8-10H2,1-3H3,(H,17,21)(H,19,20). The van der Waals surface area contributed by atoms with Crippen LogP contribution in [0, 0.1) is 0 Å². The first-order valence-corrected chi connectivity index (χ1v) is 7.52. The summed E-state index contributed by atoms with van der Waals surface area (Å²) in [6.45, 7) is 6.22. The fraction of sp³-hybridized carbons (Fsp3) is 0.467. The number of aliphatic carboxylic acids is 1. The van der Waals surface area contributed by atoms with Gasteiger partial charge < -0.3 is 15.3 Å². The number of benzene rings is 1. The zero-order valence-electron chi connectivity index (χ0n) is 12.5. The first-order chi connectivity index (χ1) is 9.71. The number of carboxylic acid groups (broad SMARTS) is 1. The maximum absolute atomic E-state index is 12.3. The van der Waals surface area contributed by atoms with Crippen LogP contribution in [0.1, 0.15) is 32.8 Å². The smallest absolute Gasteiger partial charge is 0.318 e. The molecule has 0 aliphatic heterocycles. The molecule has 5 nitrogen and oxygen atoms in total. The van der Waals surface area contributed by atoms with E-state index in [9.17, 15) is 9.59 Å². The molecule has 0 radical (unpaired) electrons. The Morgan fingerprint density at radius 2 is 1.90 bits per heavy atom. The van der Waals surface area contributed by atoms with Crippen LogP contribution in [0.25, 0.3) is 0 Å². The minimum Gasteiger partial charge on any atom is -0.481 e. The molecule has 21 heavy (non-hydrogen) atoms. The van der Waals surface area contributed by atoms with E-state index in [1.807, 2.05) is 45.0 Å². The summed E-state index contributed by atoms with van der Waals surface area (Å²) in [6, 6.07) is 7.37. The van der Waals surface area contributed by atoms with Crippen LogP contribution in [-0.4, -0.2) is 34.1 Å². The van der Waals surface area contributed by atoms with Crippen molar-refractivity contribution in [1.82, 2.24) is 10.2 Å². The van der Waals surface area contributed by atoms with E-state index in [1.54, 1.807) is 0 Å². The van der Waals surface area contributed by atoms with Crippen LogP contribution in [0.3, 0.4) is 0 Å². The van der Waals surface area contributed by atoms with E-state index in [0.717, 1.165) is 10.0 Å². The normalized spacial score (nSPS) is 11.0. The molecule has 0 aliphatic carbocycles. The zero-order valence-corrected chi connectivity index (χ0v) is 14.1. The third-order valence-corrected chi connectivity index (χ3v) is 3.77.